The van der Waals surface area contributed by atoms with Crippen LogP contribution in [-0.2, 0) is 0 Å². The number of nitrogens with two attached hydrogens (primary N) is 1. The first-order valence-electron chi connectivity index (χ1n) is 3.51. The lowest BCUT2D eigenvalue weighted by molar-refractivity contribution is 0.249. The predicted octanol–water partition coefficient (Wildman–Crippen LogP) is 1.16. The van der Waals surface area contributed by atoms with E-state index in [2.05, 4.69) is 10.5 Å². The third kappa shape index (κ3) is 8.42. The molecule has 0 saturated carbocycles. The lowest BCUT2D eigenvalue weighted by Crippen LogP contribution is -2.24. The third-order valence-electron chi connectivity index (χ3n) is 0.876. The molecule has 0 rings (SSSR count). The molecule has 66 valence electrons. The first kappa shape index (κ1) is 10.4. The third-order valence-corrected chi connectivity index (χ3v) is 0.876. The van der Waals surface area contributed by atoms with Crippen LogP contribution in [0.5, 0.6) is 0 Å². The average Bonchev–Trinajstić information content (AvgIpc) is 1.95. The highest BCUT2D eigenvalue weighted by molar-refractivity contribution is 5.76. The number of hydrogen-bond acceptors (Lipinski definition) is 2. The van der Waals surface area contributed by atoms with Crippen molar-refractivity contribution in [1.29, 1.82) is 0 Å². The Kier molecular flexibility index (Phi) is 5.34. The number of nitrogens with one attached hydrogen (secondary N) is 1. The van der Waals surface area contributed by atoms with E-state index < -0.39 is 6.03 Å². The van der Waals surface area contributed by atoms with E-state index >= 15 is 0 Å². The minimum absolute atomic E-state index is 0.665. The summed E-state index contributed by atoms with van der Waals surface area (Å²) in [4.78, 5) is 10.1. The zero-order chi connectivity index (χ0) is 9.40. The first-order chi connectivity index (χ1) is 5.63. The maximum absolute atomic E-state index is 10.1. The van der Waals surface area contributed by atoms with Crippen LogP contribution in [0.1, 0.15) is 13.8 Å². The summed E-state index contributed by atoms with van der Waals surface area (Å²) in [5.74, 6) is 0. The molecule has 4 nitrogen and oxygen atoms in total. The molecular weight excluding hydrogens is 154 g/mol. The first-order valence-corrected chi connectivity index (χ1v) is 3.51. The van der Waals surface area contributed by atoms with Gasteiger partial charge in [-0.3, -0.25) is 0 Å². The van der Waals surface area contributed by atoms with Gasteiger partial charge in [0, 0.05) is 6.21 Å². The number of nitrogens with zero attached hydrogens (tertiary/aromatic N) is 1. The van der Waals surface area contributed by atoms with E-state index in [1.165, 1.54) is 11.8 Å². The van der Waals surface area contributed by atoms with Crippen molar-refractivity contribution < 1.29 is 4.79 Å². The number of allylic oxidation sites excluding steroid dienone is 4. The SMILES string of the molecule is CC(C)=C/C=C/C=N/NC(N)=O. The van der Waals surface area contributed by atoms with Crippen molar-refractivity contribution in [1.82, 2.24) is 5.43 Å². The Morgan fingerprint density at radius 3 is 2.58 bits per heavy atom. The molecule has 0 bridgehead atoms. The topological polar surface area (TPSA) is 67.5 Å². The molecule has 0 aliphatic heterocycles. The van der Waals surface area contributed by atoms with E-state index in [9.17, 15) is 4.79 Å². The van der Waals surface area contributed by atoms with Crippen molar-refractivity contribution in [2.24, 2.45) is 10.8 Å². The maximum atomic E-state index is 10.1. The number of carbonyl (C=O) groups excluding carboxylic acids is 1. The summed E-state index contributed by atoms with van der Waals surface area (Å²) in [6.45, 7) is 3.98. The normalized spacial score (nSPS) is 10.5. The molecule has 0 atom stereocenters. The zero-order valence-electron chi connectivity index (χ0n) is 7.24. The minimum atomic E-state index is -0.665. The van der Waals surface area contributed by atoms with Gasteiger partial charge in [0.25, 0.3) is 0 Å². The van der Waals surface area contributed by atoms with Crippen molar-refractivity contribution in [3.05, 3.63) is 23.8 Å². The van der Waals surface area contributed by atoms with Gasteiger partial charge in [0.2, 0.25) is 0 Å². The molecule has 0 aliphatic rings. The van der Waals surface area contributed by atoms with Gasteiger partial charge in [-0.05, 0) is 19.9 Å². The van der Waals surface area contributed by atoms with E-state index in [0.717, 1.165) is 0 Å². The monoisotopic (exact) mass is 167 g/mol. The van der Waals surface area contributed by atoms with Crippen molar-refractivity contribution in [3.63, 3.8) is 0 Å². The van der Waals surface area contributed by atoms with Gasteiger partial charge in [-0.25, -0.2) is 10.2 Å². The minimum Gasteiger partial charge on any atom is -0.350 e. The van der Waals surface area contributed by atoms with Gasteiger partial charge in [0.1, 0.15) is 0 Å². The van der Waals surface area contributed by atoms with Crippen LogP contribution >= 0.6 is 0 Å². The van der Waals surface area contributed by atoms with Gasteiger partial charge in [-0.15, -0.1) is 0 Å². The van der Waals surface area contributed by atoms with Crippen LogP contribution in [0.15, 0.2) is 28.9 Å². The molecule has 0 aromatic rings. The standard InChI is InChI=1S/C8H13N3O/c1-7(2)5-3-4-6-10-11-8(9)12/h3-6H,1-2H3,(H3,9,11,12)/b4-3+,10-6+. The molecule has 0 spiro atoms. The molecule has 0 aliphatic carbocycles. The van der Waals surface area contributed by atoms with Gasteiger partial charge < -0.3 is 5.73 Å². The smallest absolute Gasteiger partial charge is 0.332 e. The quantitative estimate of drug-likeness (QED) is 0.369. The second-order valence-electron chi connectivity index (χ2n) is 2.38. The highest BCUT2D eigenvalue weighted by Gasteiger charge is 1.80. The Balaban J connectivity index is 3.67. The molecular formula is C8H13N3O. The fourth-order valence-corrected chi connectivity index (χ4v) is 0.442. The van der Waals surface area contributed by atoms with Crippen LogP contribution in [0.2, 0.25) is 0 Å². The van der Waals surface area contributed by atoms with Crippen molar-refractivity contribution in [2.75, 3.05) is 0 Å². The fraction of sp³-hybridized carbons (Fsp3) is 0.250. The predicted molar refractivity (Wildman–Crippen MR) is 49.8 cm³/mol. The van der Waals surface area contributed by atoms with Crippen LogP contribution in [0.4, 0.5) is 4.79 Å². The Hall–Kier alpha value is -1.58. The summed E-state index contributed by atoms with van der Waals surface area (Å²) < 4.78 is 0. The molecule has 4 heteroatoms. The summed E-state index contributed by atoms with van der Waals surface area (Å²) in [5, 5.41) is 3.50. The summed E-state index contributed by atoms with van der Waals surface area (Å²) in [7, 11) is 0. The molecule has 2 amide bonds. The molecule has 0 aromatic heterocycles. The highest BCUT2D eigenvalue weighted by Crippen LogP contribution is 1.87. The van der Waals surface area contributed by atoms with Gasteiger partial charge in [-0.2, -0.15) is 5.10 Å². The molecule has 0 radical (unpaired) electrons. The second kappa shape index (κ2) is 6.15. The summed E-state index contributed by atoms with van der Waals surface area (Å²) in [6, 6.07) is -0.665. The van der Waals surface area contributed by atoms with Crippen LogP contribution in [-0.4, -0.2) is 12.2 Å². The molecule has 0 fully saturated rings. The van der Waals surface area contributed by atoms with Crippen molar-refractivity contribution >= 4 is 12.2 Å². The molecule has 0 aromatic carbocycles. The number of urea groups is 1. The summed E-state index contributed by atoms with van der Waals surface area (Å²) in [5.41, 5.74) is 8.02. The van der Waals surface area contributed by atoms with Crippen LogP contribution < -0.4 is 11.2 Å². The molecule has 12 heavy (non-hydrogen) atoms. The van der Waals surface area contributed by atoms with Crippen LogP contribution in [0.3, 0.4) is 0 Å². The van der Waals surface area contributed by atoms with E-state index in [-0.39, 0.29) is 0 Å². The molecule has 0 saturated heterocycles. The van der Waals surface area contributed by atoms with E-state index in [1.54, 1.807) is 6.08 Å². The van der Waals surface area contributed by atoms with Gasteiger partial charge >= 0.3 is 6.03 Å². The second-order valence-corrected chi connectivity index (χ2v) is 2.38. The van der Waals surface area contributed by atoms with E-state index in [0.29, 0.717) is 0 Å². The average molecular weight is 167 g/mol. The Bertz CT molecular complexity index is 224. The number of rotatable bonds is 3. The molecule has 3 N–H and O–H groups in total. The lowest BCUT2D eigenvalue weighted by Gasteiger charge is -1.86. The Labute approximate surface area is 71.8 Å². The number of hydrazone groups is 1. The summed E-state index contributed by atoms with van der Waals surface area (Å²) in [6.07, 6.45) is 6.89. The fourth-order valence-electron chi connectivity index (χ4n) is 0.442. The van der Waals surface area contributed by atoms with E-state index in [1.807, 2.05) is 26.0 Å². The zero-order valence-corrected chi connectivity index (χ0v) is 7.24. The molecule has 0 heterocycles. The van der Waals surface area contributed by atoms with Crippen LogP contribution in [0, 0.1) is 0 Å². The molecule has 0 unspecified atom stereocenters. The van der Waals surface area contributed by atoms with Gasteiger partial charge in [0.05, 0.1) is 0 Å². The van der Waals surface area contributed by atoms with E-state index in [4.69, 9.17) is 5.73 Å². The summed E-state index contributed by atoms with van der Waals surface area (Å²) >= 11 is 0. The lowest BCUT2D eigenvalue weighted by atomic mass is 10.3. The Morgan fingerprint density at radius 1 is 1.42 bits per heavy atom. The number of amides is 2. The highest BCUT2D eigenvalue weighted by atomic mass is 16.2. The van der Waals surface area contributed by atoms with Crippen LogP contribution in [0.25, 0.3) is 0 Å². The number of primary amides is 1. The number of carbonyl (C=O) groups is 1. The maximum Gasteiger partial charge on any atom is 0.332 e. The number of hydrogen-bond donors (Lipinski definition) is 2. The van der Waals surface area contributed by atoms with Crippen molar-refractivity contribution in [2.45, 2.75) is 13.8 Å². The Morgan fingerprint density at radius 2 is 2.08 bits per heavy atom. The largest absolute Gasteiger partial charge is 0.350 e. The van der Waals surface area contributed by atoms with Crippen molar-refractivity contribution in [3.8, 4) is 0 Å². The van der Waals surface area contributed by atoms with Gasteiger partial charge in [-0.1, -0.05) is 17.7 Å². The van der Waals surface area contributed by atoms with Gasteiger partial charge in [0.15, 0.2) is 0 Å².